The van der Waals surface area contributed by atoms with Gasteiger partial charge in [-0.15, -0.1) is 0 Å². The summed E-state index contributed by atoms with van der Waals surface area (Å²) >= 11 is 0. The van der Waals surface area contributed by atoms with Gasteiger partial charge in [-0.25, -0.2) is 4.98 Å². The van der Waals surface area contributed by atoms with Gasteiger partial charge in [0.15, 0.2) is 0 Å². The van der Waals surface area contributed by atoms with E-state index in [1.807, 2.05) is 50.2 Å². The van der Waals surface area contributed by atoms with Crippen molar-refractivity contribution >= 4 is 16.6 Å². The van der Waals surface area contributed by atoms with Crippen LogP contribution in [0.3, 0.4) is 0 Å². The Bertz CT molecular complexity index is 865. The van der Waals surface area contributed by atoms with Crippen molar-refractivity contribution in [2.24, 2.45) is 0 Å². The highest BCUT2D eigenvalue weighted by Gasteiger charge is 2.11. The first kappa shape index (κ1) is 12.4. The molecule has 0 aliphatic carbocycles. The van der Waals surface area contributed by atoms with E-state index in [0.717, 1.165) is 5.56 Å². The third kappa shape index (κ3) is 1.86. The third-order valence-electron chi connectivity index (χ3n) is 3.37. The molecule has 0 amide bonds. The lowest BCUT2D eigenvalue weighted by Gasteiger charge is -2.13. The van der Waals surface area contributed by atoms with Crippen molar-refractivity contribution in [3.8, 4) is 5.69 Å². The second-order valence-electron chi connectivity index (χ2n) is 4.88. The molecule has 3 rings (SSSR count). The summed E-state index contributed by atoms with van der Waals surface area (Å²) < 4.78 is 1.57. The van der Waals surface area contributed by atoms with Crippen molar-refractivity contribution in [3.63, 3.8) is 0 Å². The zero-order valence-electron chi connectivity index (χ0n) is 11.4. The second kappa shape index (κ2) is 4.49. The minimum atomic E-state index is -0.0888. The summed E-state index contributed by atoms with van der Waals surface area (Å²) in [7, 11) is 0. The number of aryl methyl sites for hydroxylation is 2. The minimum absolute atomic E-state index is 0.0888. The maximum atomic E-state index is 12.7. The lowest BCUT2D eigenvalue weighted by molar-refractivity contribution is 0.896. The van der Waals surface area contributed by atoms with Crippen molar-refractivity contribution in [1.82, 2.24) is 9.55 Å². The number of benzene rings is 2. The summed E-state index contributed by atoms with van der Waals surface area (Å²) in [4.78, 5) is 17.2. The lowest BCUT2D eigenvalue weighted by atomic mass is 10.1. The van der Waals surface area contributed by atoms with Gasteiger partial charge in [0, 0.05) is 0 Å². The van der Waals surface area contributed by atoms with Crippen LogP contribution in [0.5, 0.6) is 0 Å². The topological polar surface area (TPSA) is 60.9 Å². The molecule has 0 radical (unpaired) electrons. The minimum Gasteiger partial charge on any atom is -0.397 e. The van der Waals surface area contributed by atoms with Crippen LogP contribution in [0.15, 0.2) is 47.3 Å². The molecule has 0 aliphatic rings. The van der Waals surface area contributed by atoms with Gasteiger partial charge in [0.05, 0.1) is 22.3 Å². The number of hydrogen-bond acceptors (Lipinski definition) is 3. The van der Waals surface area contributed by atoms with Gasteiger partial charge in [-0.2, -0.15) is 0 Å². The average Bonchev–Trinajstić information content (AvgIpc) is 2.42. The molecule has 1 heterocycles. The summed E-state index contributed by atoms with van der Waals surface area (Å²) in [6, 6.07) is 13.0. The van der Waals surface area contributed by atoms with Gasteiger partial charge in [0.25, 0.3) is 5.56 Å². The van der Waals surface area contributed by atoms with Crippen molar-refractivity contribution in [2.45, 2.75) is 13.8 Å². The fourth-order valence-electron chi connectivity index (χ4n) is 2.39. The van der Waals surface area contributed by atoms with E-state index in [9.17, 15) is 4.79 Å². The maximum Gasteiger partial charge on any atom is 0.266 e. The van der Waals surface area contributed by atoms with Crippen LogP contribution >= 0.6 is 0 Å². The van der Waals surface area contributed by atoms with Crippen LogP contribution < -0.4 is 11.3 Å². The van der Waals surface area contributed by atoms with Gasteiger partial charge in [-0.3, -0.25) is 9.36 Å². The first-order valence-corrected chi connectivity index (χ1v) is 6.43. The number of para-hydroxylation sites is 2. The highest BCUT2D eigenvalue weighted by atomic mass is 16.1. The van der Waals surface area contributed by atoms with Gasteiger partial charge in [-0.05, 0) is 38.1 Å². The SMILES string of the molecule is Cc1ccc2nc(C)n(-c3ccccc3N)c(=O)c2c1. The largest absolute Gasteiger partial charge is 0.397 e. The second-order valence-corrected chi connectivity index (χ2v) is 4.88. The van der Waals surface area contributed by atoms with E-state index in [1.165, 1.54) is 0 Å². The number of hydrogen-bond donors (Lipinski definition) is 1. The maximum absolute atomic E-state index is 12.7. The Morgan fingerprint density at radius 2 is 1.85 bits per heavy atom. The predicted octanol–water partition coefficient (Wildman–Crippen LogP) is 2.58. The summed E-state index contributed by atoms with van der Waals surface area (Å²) in [6.07, 6.45) is 0. The number of nitrogens with two attached hydrogens (primary N) is 1. The Kier molecular flexibility index (Phi) is 2.79. The van der Waals surface area contributed by atoms with E-state index < -0.39 is 0 Å². The van der Waals surface area contributed by atoms with Gasteiger partial charge in [0.1, 0.15) is 5.82 Å². The van der Waals surface area contributed by atoms with E-state index in [2.05, 4.69) is 4.98 Å². The number of anilines is 1. The van der Waals surface area contributed by atoms with Gasteiger partial charge >= 0.3 is 0 Å². The number of rotatable bonds is 1. The number of nitrogens with zero attached hydrogens (tertiary/aromatic N) is 2. The molecule has 4 nitrogen and oxygen atoms in total. The van der Waals surface area contributed by atoms with E-state index in [4.69, 9.17) is 5.73 Å². The fraction of sp³-hybridized carbons (Fsp3) is 0.125. The number of aromatic nitrogens is 2. The van der Waals surface area contributed by atoms with Gasteiger partial charge in [0.2, 0.25) is 0 Å². The molecule has 0 aliphatic heterocycles. The number of nitrogen functional groups attached to an aromatic ring is 1. The summed E-state index contributed by atoms with van der Waals surface area (Å²) in [6.45, 7) is 3.77. The number of fused-ring (bicyclic) bond motifs is 1. The quantitative estimate of drug-likeness (QED) is 0.688. The van der Waals surface area contributed by atoms with E-state index in [-0.39, 0.29) is 5.56 Å². The summed E-state index contributed by atoms with van der Waals surface area (Å²) in [5.41, 5.74) is 8.87. The van der Waals surface area contributed by atoms with E-state index in [0.29, 0.717) is 28.1 Å². The van der Waals surface area contributed by atoms with Crippen molar-refractivity contribution in [1.29, 1.82) is 0 Å². The van der Waals surface area contributed by atoms with Crippen LogP contribution in [0.25, 0.3) is 16.6 Å². The van der Waals surface area contributed by atoms with Crippen molar-refractivity contribution in [2.75, 3.05) is 5.73 Å². The Morgan fingerprint density at radius 3 is 2.60 bits per heavy atom. The molecule has 1 aromatic heterocycles. The average molecular weight is 265 g/mol. The molecular formula is C16H15N3O. The summed E-state index contributed by atoms with van der Waals surface area (Å²) in [5.74, 6) is 0.629. The molecule has 0 saturated carbocycles. The normalized spacial score (nSPS) is 10.9. The standard InChI is InChI=1S/C16H15N3O/c1-10-7-8-14-12(9-10)16(20)19(11(2)18-14)15-6-4-3-5-13(15)17/h3-9H,17H2,1-2H3. The van der Waals surface area contributed by atoms with Crippen molar-refractivity contribution < 1.29 is 0 Å². The smallest absolute Gasteiger partial charge is 0.266 e. The lowest BCUT2D eigenvalue weighted by Crippen LogP contribution is -2.23. The molecule has 2 N–H and O–H groups in total. The first-order chi connectivity index (χ1) is 9.58. The van der Waals surface area contributed by atoms with Crippen LogP contribution in [0.4, 0.5) is 5.69 Å². The molecular weight excluding hydrogens is 250 g/mol. The predicted molar refractivity (Wildman–Crippen MR) is 81.2 cm³/mol. The molecule has 0 saturated heterocycles. The van der Waals surface area contributed by atoms with Gasteiger partial charge < -0.3 is 5.73 Å². The zero-order chi connectivity index (χ0) is 14.3. The van der Waals surface area contributed by atoms with Crippen LogP contribution in [0.1, 0.15) is 11.4 Å². The molecule has 100 valence electrons. The van der Waals surface area contributed by atoms with Crippen LogP contribution in [0, 0.1) is 13.8 Å². The molecule has 0 spiro atoms. The molecule has 0 fully saturated rings. The van der Waals surface area contributed by atoms with E-state index in [1.54, 1.807) is 10.6 Å². The van der Waals surface area contributed by atoms with Gasteiger partial charge in [-0.1, -0.05) is 23.8 Å². The third-order valence-corrected chi connectivity index (χ3v) is 3.37. The summed E-state index contributed by atoms with van der Waals surface area (Å²) in [5, 5.41) is 0.610. The molecule has 2 aromatic carbocycles. The molecule has 20 heavy (non-hydrogen) atoms. The van der Waals surface area contributed by atoms with Crippen LogP contribution in [0.2, 0.25) is 0 Å². The Hall–Kier alpha value is -2.62. The van der Waals surface area contributed by atoms with Crippen LogP contribution in [-0.2, 0) is 0 Å². The highest BCUT2D eigenvalue weighted by molar-refractivity contribution is 5.79. The Balaban J connectivity index is 2.43. The molecule has 0 unspecified atom stereocenters. The fourth-order valence-corrected chi connectivity index (χ4v) is 2.39. The monoisotopic (exact) mass is 265 g/mol. The molecule has 3 aromatic rings. The van der Waals surface area contributed by atoms with Crippen LogP contribution in [-0.4, -0.2) is 9.55 Å². The molecule has 4 heteroatoms. The molecule has 0 atom stereocenters. The van der Waals surface area contributed by atoms with Crippen molar-refractivity contribution in [3.05, 3.63) is 64.2 Å². The van der Waals surface area contributed by atoms with E-state index >= 15 is 0 Å². The molecule has 0 bridgehead atoms. The Labute approximate surface area is 116 Å². The zero-order valence-corrected chi connectivity index (χ0v) is 11.4. The highest BCUT2D eigenvalue weighted by Crippen LogP contribution is 2.18. The Morgan fingerprint density at radius 1 is 1.10 bits per heavy atom. The first-order valence-electron chi connectivity index (χ1n) is 6.43.